The van der Waals surface area contributed by atoms with Crippen molar-refractivity contribution in [3.63, 3.8) is 0 Å². The number of fused-ring (bicyclic) bond motifs is 3. The third kappa shape index (κ3) is 3.26. The molecule has 31 heavy (non-hydrogen) atoms. The summed E-state index contributed by atoms with van der Waals surface area (Å²) in [7, 11) is 0. The SMILES string of the molecule is CC(=O)N1CCC(Nc2cc3c(c(N)c2F)c(=O)c(C(=O)O)c2n3C(C)(C)CN2)CC1. The molecule has 4 rings (SSSR count). The van der Waals surface area contributed by atoms with Gasteiger partial charge < -0.3 is 30.9 Å². The zero-order valence-corrected chi connectivity index (χ0v) is 17.7. The van der Waals surface area contributed by atoms with Crippen LogP contribution in [0.15, 0.2) is 10.9 Å². The average molecular weight is 431 g/mol. The second kappa shape index (κ2) is 7.14. The zero-order valence-electron chi connectivity index (χ0n) is 17.7. The highest BCUT2D eigenvalue weighted by molar-refractivity contribution is 6.03. The molecule has 0 atom stereocenters. The van der Waals surface area contributed by atoms with Crippen LogP contribution in [0.5, 0.6) is 0 Å². The van der Waals surface area contributed by atoms with Gasteiger partial charge in [0.05, 0.1) is 27.8 Å². The highest BCUT2D eigenvalue weighted by Gasteiger charge is 2.36. The molecule has 10 heteroatoms. The van der Waals surface area contributed by atoms with Gasteiger partial charge in [-0.05, 0) is 32.8 Å². The predicted molar refractivity (Wildman–Crippen MR) is 116 cm³/mol. The standard InChI is InChI=1S/C21H26FN5O4/c1-10(28)26-6-4-11(5-7-26)25-12-8-13-14(17(23)16(12)22)18(29)15(20(30)31)19-24-9-21(2,3)27(13)19/h8,11,24-25H,4-7,9,23H2,1-3H3,(H,30,31). The number of hydrogen-bond acceptors (Lipinski definition) is 6. The molecule has 0 bridgehead atoms. The molecule has 2 aliphatic rings. The molecule has 0 saturated carbocycles. The molecule has 9 nitrogen and oxygen atoms in total. The second-order valence-electron chi connectivity index (χ2n) is 8.83. The maximum absolute atomic E-state index is 15.2. The summed E-state index contributed by atoms with van der Waals surface area (Å²) in [5.74, 6) is -1.96. The van der Waals surface area contributed by atoms with E-state index in [1.165, 1.54) is 13.0 Å². The van der Waals surface area contributed by atoms with Crippen LogP contribution in [-0.4, -0.2) is 52.1 Å². The molecule has 1 saturated heterocycles. The smallest absolute Gasteiger partial charge is 0.343 e. The van der Waals surface area contributed by atoms with Gasteiger partial charge in [-0.2, -0.15) is 0 Å². The second-order valence-corrected chi connectivity index (χ2v) is 8.83. The summed E-state index contributed by atoms with van der Waals surface area (Å²) in [4.78, 5) is 38.1. The highest BCUT2D eigenvalue weighted by Crippen LogP contribution is 2.38. The van der Waals surface area contributed by atoms with E-state index in [4.69, 9.17) is 5.73 Å². The van der Waals surface area contributed by atoms with Crippen molar-refractivity contribution in [3.8, 4) is 0 Å². The van der Waals surface area contributed by atoms with Gasteiger partial charge in [0, 0.05) is 32.6 Å². The van der Waals surface area contributed by atoms with E-state index in [0.717, 1.165) is 0 Å². The fourth-order valence-corrected chi connectivity index (χ4v) is 4.58. The predicted octanol–water partition coefficient (Wildman–Crippen LogP) is 2.00. The number of aromatic nitrogens is 1. The minimum atomic E-state index is -1.39. The van der Waals surface area contributed by atoms with E-state index >= 15 is 4.39 Å². The molecule has 0 unspecified atom stereocenters. The lowest BCUT2D eigenvalue weighted by Crippen LogP contribution is -2.41. The lowest BCUT2D eigenvalue weighted by atomic mass is 10.0. The number of carbonyl (C=O) groups excluding carboxylic acids is 1. The molecule has 2 aromatic rings. The van der Waals surface area contributed by atoms with Crippen LogP contribution in [0.25, 0.3) is 10.9 Å². The fraction of sp³-hybridized carbons (Fsp3) is 0.476. The number of piperidine rings is 1. The van der Waals surface area contributed by atoms with Gasteiger partial charge in [-0.1, -0.05) is 0 Å². The maximum Gasteiger partial charge on any atom is 0.343 e. The Balaban J connectivity index is 1.85. The topological polar surface area (TPSA) is 130 Å². The van der Waals surface area contributed by atoms with Crippen LogP contribution in [0.2, 0.25) is 0 Å². The van der Waals surface area contributed by atoms with Gasteiger partial charge in [0.2, 0.25) is 11.3 Å². The number of carboxylic acid groups (broad SMARTS) is 1. The molecule has 0 aliphatic carbocycles. The van der Waals surface area contributed by atoms with Crippen molar-refractivity contribution in [2.45, 2.75) is 45.2 Å². The first-order valence-electron chi connectivity index (χ1n) is 10.2. The van der Waals surface area contributed by atoms with Gasteiger partial charge in [-0.3, -0.25) is 9.59 Å². The molecule has 1 aromatic carbocycles. The normalized spacial score (nSPS) is 18.0. The number of nitrogen functional groups attached to an aromatic ring is 1. The Labute approximate surface area is 178 Å². The molecule has 166 valence electrons. The average Bonchev–Trinajstić information content (AvgIpc) is 3.00. The molecule has 1 aromatic heterocycles. The van der Waals surface area contributed by atoms with E-state index in [1.54, 1.807) is 9.47 Å². The molecular weight excluding hydrogens is 405 g/mol. The third-order valence-electron chi connectivity index (χ3n) is 6.24. The van der Waals surface area contributed by atoms with Crippen LogP contribution in [0, 0.1) is 5.82 Å². The van der Waals surface area contributed by atoms with E-state index in [9.17, 15) is 19.5 Å². The number of halogens is 1. The van der Waals surface area contributed by atoms with Gasteiger partial charge in [-0.15, -0.1) is 0 Å². The summed E-state index contributed by atoms with van der Waals surface area (Å²) in [5.41, 5.74) is 4.40. The van der Waals surface area contributed by atoms with Crippen molar-refractivity contribution < 1.29 is 19.1 Å². The van der Waals surface area contributed by atoms with Crippen LogP contribution in [0.3, 0.4) is 0 Å². The van der Waals surface area contributed by atoms with Gasteiger partial charge in [0.15, 0.2) is 5.82 Å². The maximum atomic E-state index is 15.2. The van der Waals surface area contributed by atoms with Gasteiger partial charge in [-0.25, -0.2) is 9.18 Å². The Bertz CT molecular complexity index is 1170. The van der Waals surface area contributed by atoms with Crippen molar-refractivity contribution in [2.24, 2.45) is 0 Å². The minimum Gasteiger partial charge on any atom is -0.477 e. The first kappa shape index (κ1) is 21.0. The number of likely N-dealkylation sites (tertiary alicyclic amines) is 1. The minimum absolute atomic E-state index is 0.0125. The van der Waals surface area contributed by atoms with E-state index in [-0.39, 0.29) is 34.5 Å². The fourth-order valence-electron chi connectivity index (χ4n) is 4.58. The van der Waals surface area contributed by atoms with Crippen LogP contribution >= 0.6 is 0 Å². The van der Waals surface area contributed by atoms with E-state index in [2.05, 4.69) is 10.6 Å². The van der Waals surface area contributed by atoms with Gasteiger partial charge >= 0.3 is 5.97 Å². The van der Waals surface area contributed by atoms with E-state index in [1.807, 2.05) is 13.8 Å². The molecule has 5 N–H and O–H groups in total. The van der Waals surface area contributed by atoms with Crippen LogP contribution < -0.4 is 21.8 Å². The number of carboxylic acids is 1. The lowest BCUT2D eigenvalue weighted by Gasteiger charge is -2.32. The number of nitrogens with zero attached hydrogens (tertiary/aromatic N) is 2. The number of aromatic carboxylic acids is 1. The van der Waals surface area contributed by atoms with E-state index in [0.29, 0.717) is 38.0 Å². The number of pyridine rings is 1. The third-order valence-corrected chi connectivity index (χ3v) is 6.24. The Morgan fingerprint density at radius 3 is 2.55 bits per heavy atom. The van der Waals surface area contributed by atoms with Crippen molar-refractivity contribution in [1.82, 2.24) is 9.47 Å². The Morgan fingerprint density at radius 2 is 1.97 bits per heavy atom. The number of anilines is 3. The summed E-state index contributed by atoms with van der Waals surface area (Å²) in [6, 6.07) is 1.47. The Morgan fingerprint density at radius 1 is 1.32 bits per heavy atom. The number of nitrogens with two attached hydrogens (primary N) is 1. The highest BCUT2D eigenvalue weighted by atomic mass is 19.1. The molecule has 2 aliphatic heterocycles. The summed E-state index contributed by atoms with van der Waals surface area (Å²) in [6.45, 7) is 6.88. The molecule has 0 radical (unpaired) electrons. The van der Waals surface area contributed by atoms with Crippen molar-refractivity contribution >= 4 is 40.0 Å². The lowest BCUT2D eigenvalue weighted by molar-refractivity contribution is -0.129. The first-order valence-corrected chi connectivity index (χ1v) is 10.2. The van der Waals surface area contributed by atoms with Crippen molar-refractivity contribution in [3.05, 3.63) is 27.7 Å². The Kier molecular flexibility index (Phi) is 4.83. The van der Waals surface area contributed by atoms with Crippen molar-refractivity contribution in [2.75, 3.05) is 36.0 Å². The molecule has 0 spiro atoms. The molecule has 1 fully saturated rings. The number of nitrogens with one attached hydrogen (secondary N) is 2. The van der Waals surface area contributed by atoms with Crippen LogP contribution in [0.1, 0.15) is 44.0 Å². The number of benzene rings is 1. The number of carbonyl (C=O) groups is 2. The summed E-state index contributed by atoms with van der Waals surface area (Å²) in [5, 5.41) is 15.7. The van der Waals surface area contributed by atoms with Crippen LogP contribution in [0.4, 0.5) is 21.6 Å². The molecule has 1 amide bonds. The molecule has 3 heterocycles. The summed E-state index contributed by atoms with van der Waals surface area (Å²) < 4.78 is 16.9. The quantitative estimate of drug-likeness (QED) is 0.547. The largest absolute Gasteiger partial charge is 0.477 e. The number of rotatable bonds is 3. The Hall–Kier alpha value is -3.30. The first-order chi connectivity index (χ1) is 14.5. The van der Waals surface area contributed by atoms with Gasteiger partial charge in [0.25, 0.3) is 0 Å². The van der Waals surface area contributed by atoms with Crippen LogP contribution in [-0.2, 0) is 10.3 Å². The summed E-state index contributed by atoms with van der Waals surface area (Å²) in [6.07, 6.45) is 1.31. The monoisotopic (exact) mass is 431 g/mol. The number of amides is 1. The zero-order chi connectivity index (χ0) is 22.7. The van der Waals surface area contributed by atoms with E-state index < -0.39 is 28.3 Å². The van der Waals surface area contributed by atoms with Gasteiger partial charge in [0.1, 0.15) is 11.4 Å². The number of hydrogen-bond donors (Lipinski definition) is 4. The van der Waals surface area contributed by atoms with Crippen molar-refractivity contribution in [1.29, 1.82) is 0 Å². The molecular formula is C21H26FN5O4. The summed E-state index contributed by atoms with van der Waals surface area (Å²) >= 11 is 0.